The summed E-state index contributed by atoms with van der Waals surface area (Å²) >= 11 is 0. The Balaban J connectivity index is 1.52. The Hall–Kier alpha value is -3.39. The Morgan fingerprint density at radius 1 is 1.03 bits per heavy atom. The van der Waals surface area contributed by atoms with Gasteiger partial charge in [-0.2, -0.15) is 5.10 Å². The van der Waals surface area contributed by atoms with E-state index in [0.29, 0.717) is 13.2 Å². The molecule has 33 heavy (non-hydrogen) atoms. The van der Waals surface area contributed by atoms with Gasteiger partial charge < -0.3 is 19.9 Å². The molecule has 3 aromatic rings. The monoisotopic (exact) mass is 446 g/mol. The first-order valence-electron chi connectivity index (χ1n) is 11.6. The summed E-state index contributed by atoms with van der Waals surface area (Å²) in [7, 11) is 1.91. The molecular formula is C25H30N6O2. The number of nitrogens with one attached hydrogen (secondary N) is 1. The van der Waals surface area contributed by atoms with Crippen molar-refractivity contribution in [3.8, 4) is 22.4 Å². The molecule has 0 radical (unpaired) electrons. The summed E-state index contributed by atoms with van der Waals surface area (Å²) < 4.78 is 7.33. The van der Waals surface area contributed by atoms with Crippen molar-refractivity contribution < 1.29 is 9.53 Å². The fraction of sp³-hybridized carbons (Fsp3) is 0.400. The summed E-state index contributed by atoms with van der Waals surface area (Å²) in [5.41, 5.74) is 5.96. The molecule has 0 aliphatic carbocycles. The van der Waals surface area contributed by atoms with Crippen molar-refractivity contribution in [1.82, 2.24) is 19.7 Å². The summed E-state index contributed by atoms with van der Waals surface area (Å²) in [6.45, 7) is 6.77. The average molecular weight is 447 g/mol. The zero-order chi connectivity index (χ0) is 22.8. The van der Waals surface area contributed by atoms with Crippen molar-refractivity contribution in [3.05, 3.63) is 48.3 Å². The van der Waals surface area contributed by atoms with Crippen molar-refractivity contribution in [3.63, 3.8) is 0 Å². The molecule has 2 aromatic heterocycles. The zero-order valence-corrected chi connectivity index (χ0v) is 19.3. The van der Waals surface area contributed by atoms with Gasteiger partial charge in [0.2, 0.25) is 0 Å². The van der Waals surface area contributed by atoms with Gasteiger partial charge in [-0.05, 0) is 60.7 Å². The van der Waals surface area contributed by atoms with Gasteiger partial charge >= 0.3 is 6.03 Å². The molecule has 8 heteroatoms. The molecule has 1 N–H and O–H groups in total. The molecule has 0 unspecified atom stereocenters. The van der Waals surface area contributed by atoms with Crippen molar-refractivity contribution in [2.45, 2.75) is 19.8 Å². The number of amides is 2. The number of aryl methyl sites for hydroxylation is 2. The van der Waals surface area contributed by atoms with E-state index >= 15 is 0 Å². The lowest BCUT2D eigenvalue weighted by molar-refractivity contribution is 0.122. The lowest BCUT2D eigenvalue weighted by Gasteiger charge is -2.28. The van der Waals surface area contributed by atoms with Gasteiger partial charge in [-0.3, -0.25) is 4.68 Å². The smallest absolute Gasteiger partial charge is 0.321 e. The third kappa shape index (κ3) is 4.71. The quantitative estimate of drug-likeness (QED) is 0.657. The predicted molar refractivity (Wildman–Crippen MR) is 129 cm³/mol. The fourth-order valence-electron chi connectivity index (χ4n) is 4.46. The summed E-state index contributed by atoms with van der Waals surface area (Å²) in [6.07, 6.45) is 5.97. The van der Waals surface area contributed by atoms with Crippen LogP contribution >= 0.6 is 0 Å². The molecule has 2 fully saturated rings. The number of hydrogen-bond donors (Lipinski definition) is 1. The van der Waals surface area contributed by atoms with E-state index in [1.807, 2.05) is 30.4 Å². The summed E-state index contributed by atoms with van der Waals surface area (Å²) in [6, 6.07) is 10.3. The molecule has 2 amide bonds. The van der Waals surface area contributed by atoms with Gasteiger partial charge in [0.05, 0.1) is 25.1 Å². The minimum absolute atomic E-state index is 0.0258. The van der Waals surface area contributed by atoms with E-state index in [9.17, 15) is 4.79 Å². The van der Waals surface area contributed by atoms with Crippen LogP contribution in [0.3, 0.4) is 0 Å². The van der Waals surface area contributed by atoms with Gasteiger partial charge in [-0.15, -0.1) is 0 Å². The number of likely N-dealkylation sites (tertiary alicyclic amines) is 1. The van der Waals surface area contributed by atoms with Crippen LogP contribution in [0.15, 0.2) is 42.7 Å². The first-order chi connectivity index (χ1) is 16.1. The number of aromatic nitrogens is 3. The van der Waals surface area contributed by atoms with E-state index in [1.165, 1.54) is 0 Å². The van der Waals surface area contributed by atoms with Crippen LogP contribution < -0.4 is 10.2 Å². The van der Waals surface area contributed by atoms with Crippen LogP contribution in [-0.2, 0) is 11.8 Å². The van der Waals surface area contributed by atoms with Gasteiger partial charge in [0.1, 0.15) is 5.82 Å². The molecule has 0 atom stereocenters. The lowest BCUT2D eigenvalue weighted by atomic mass is 9.98. The van der Waals surface area contributed by atoms with Crippen LogP contribution in [0.5, 0.6) is 0 Å². The second-order valence-electron chi connectivity index (χ2n) is 8.76. The highest BCUT2D eigenvalue weighted by molar-refractivity contribution is 5.91. The van der Waals surface area contributed by atoms with Gasteiger partial charge in [-0.1, -0.05) is 6.07 Å². The Bertz CT molecular complexity index is 1150. The van der Waals surface area contributed by atoms with E-state index in [2.05, 4.69) is 46.5 Å². The molecule has 1 aromatic carbocycles. The highest BCUT2D eigenvalue weighted by atomic mass is 16.5. The number of morpholine rings is 1. The Kier molecular flexibility index (Phi) is 6.00. The van der Waals surface area contributed by atoms with E-state index in [-0.39, 0.29) is 6.03 Å². The third-order valence-electron chi connectivity index (χ3n) is 6.34. The summed E-state index contributed by atoms with van der Waals surface area (Å²) in [5, 5.41) is 7.41. The van der Waals surface area contributed by atoms with Crippen LogP contribution in [0, 0.1) is 6.92 Å². The first-order valence-corrected chi connectivity index (χ1v) is 11.6. The highest BCUT2D eigenvalue weighted by Gasteiger charge is 2.19. The van der Waals surface area contributed by atoms with Crippen LogP contribution in [-0.4, -0.2) is 65.1 Å². The summed E-state index contributed by atoms with van der Waals surface area (Å²) in [5.74, 6) is 0.931. The zero-order valence-electron chi connectivity index (χ0n) is 19.3. The maximum Gasteiger partial charge on any atom is 0.321 e. The maximum absolute atomic E-state index is 12.6. The maximum atomic E-state index is 12.6. The number of benzene rings is 1. The third-order valence-corrected chi connectivity index (χ3v) is 6.34. The minimum Gasteiger partial charge on any atom is -0.378 e. The van der Waals surface area contributed by atoms with Crippen LogP contribution in [0.25, 0.3) is 22.4 Å². The van der Waals surface area contributed by atoms with Crippen LogP contribution in [0.4, 0.5) is 16.3 Å². The minimum atomic E-state index is -0.0258. The standard InChI is InChI=1S/C25H30N6O2/c1-18-5-6-21(27-25(32)31-7-3-4-8-31)15-22(18)19-13-23(20-16-26-29(2)17-20)28-24(14-19)30-9-11-33-12-10-30/h5-6,13-17H,3-4,7-12H2,1-2H3,(H,27,32). The fourth-order valence-corrected chi connectivity index (χ4v) is 4.46. The molecular weight excluding hydrogens is 416 g/mol. The Labute approximate surface area is 194 Å². The number of pyridine rings is 1. The van der Waals surface area contributed by atoms with Gasteiger partial charge in [0.25, 0.3) is 0 Å². The van der Waals surface area contributed by atoms with Crippen LogP contribution in [0.1, 0.15) is 18.4 Å². The topological polar surface area (TPSA) is 75.5 Å². The molecule has 2 saturated heterocycles. The second-order valence-corrected chi connectivity index (χ2v) is 8.76. The number of ether oxygens (including phenoxy) is 1. The van der Waals surface area contributed by atoms with Gasteiger partial charge in [0.15, 0.2) is 0 Å². The number of carbonyl (C=O) groups is 1. The average Bonchev–Trinajstić information content (AvgIpc) is 3.53. The Morgan fingerprint density at radius 3 is 2.55 bits per heavy atom. The number of anilines is 2. The molecule has 4 heterocycles. The van der Waals surface area contributed by atoms with E-state index in [0.717, 1.165) is 78.5 Å². The van der Waals surface area contributed by atoms with Crippen LogP contribution in [0.2, 0.25) is 0 Å². The number of rotatable bonds is 4. The molecule has 172 valence electrons. The molecule has 0 bridgehead atoms. The Morgan fingerprint density at radius 2 is 1.82 bits per heavy atom. The normalized spacial score (nSPS) is 16.3. The van der Waals surface area contributed by atoms with E-state index < -0.39 is 0 Å². The first kappa shape index (κ1) is 21.5. The summed E-state index contributed by atoms with van der Waals surface area (Å²) in [4.78, 5) is 21.7. The largest absolute Gasteiger partial charge is 0.378 e. The van der Waals surface area contributed by atoms with Gasteiger partial charge in [0, 0.05) is 50.7 Å². The number of nitrogens with zero attached hydrogens (tertiary/aromatic N) is 5. The van der Waals surface area contributed by atoms with Crippen molar-refractivity contribution >= 4 is 17.5 Å². The van der Waals surface area contributed by atoms with E-state index in [1.54, 1.807) is 4.68 Å². The number of hydrogen-bond acceptors (Lipinski definition) is 5. The molecule has 5 rings (SSSR count). The van der Waals surface area contributed by atoms with Crippen molar-refractivity contribution in [1.29, 1.82) is 0 Å². The molecule has 2 aliphatic heterocycles. The lowest BCUT2D eigenvalue weighted by Crippen LogP contribution is -2.36. The SMILES string of the molecule is Cc1ccc(NC(=O)N2CCCC2)cc1-c1cc(-c2cnn(C)c2)nc(N2CCOCC2)c1. The molecule has 2 aliphatic rings. The number of urea groups is 1. The van der Waals surface area contributed by atoms with Crippen molar-refractivity contribution in [2.24, 2.45) is 7.05 Å². The molecule has 0 saturated carbocycles. The van der Waals surface area contributed by atoms with E-state index in [4.69, 9.17) is 9.72 Å². The van der Waals surface area contributed by atoms with Crippen molar-refractivity contribution in [2.75, 3.05) is 49.6 Å². The highest BCUT2D eigenvalue weighted by Crippen LogP contribution is 2.33. The van der Waals surface area contributed by atoms with Gasteiger partial charge in [-0.25, -0.2) is 9.78 Å². The molecule has 8 nitrogen and oxygen atoms in total. The second kappa shape index (κ2) is 9.23. The molecule has 0 spiro atoms. The number of carbonyl (C=O) groups excluding carboxylic acids is 1. The predicted octanol–water partition coefficient (Wildman–Crippen LogP) is 3.92.